The number of hydrogen-bond acceptors (Lipinski definition) is 4. The summed E-state index contributed by atoms with van der Waals surface area (Å²) in [4.78, 5) is 11.7. The van der Waals surface area contributed by atoms with Crippen molar-refractivity contribution in [2.45, 2.75) is 18.8 Å². The van der Waals surface area contributed by atoms with Gasteiger partial charge in [-0.1, -0.05) is 24.3 Å². The Bertz CT molecular complexity index is 939. The zero-order chi connectivity index (χ0) is 17.6. The Hall–Kier alpha value is -3.21. The lowest BCUT2D eigenvalue weighted by molar-refractivity contribution is 0.0695. The molecule has 0 saturated carbocycles. The maximum Gasteiger partial charge on any atom is 0.335 e. The molecule has 0 fully saturated rings. The predicted molar refractivity (Wildman–Crippen MR) is 91.0 cm³/mol. The summed E-state index contributed by atoms with van der Waals surface area (Å²) in [5.41, 5.74) is 2.65. The summed E-state index contributed by atoms with van der Waals surface area (Å²) in [5.74, 6) is 0.00130. The lowest BCUT2D eigenvalue weighted by Crippen LogP contribution is -2.20. The molecular formula is C20H16O5. The van der Waals surface area contributed by atoms with Gasteiger partial charge in [-0.3, -0.25) is 0 Å². The molecule has 1 atom stereocenters. The van der Waals surface area contributed by atoms with E-state index >= 15 is 0 Å². The van der Waals surface area contributed by atoms with Crippen LogP contribution in [0.1, 0.15) is 40.2 Å². The molecule has 1 aliphatic carbocycles. The molecule has 0 saturated heterocycles. The molecule has 0 spiro atoms. The minimum Gasteiger partial charge on any atom is -0.512 e. The molecule has 2 aromatic carbocycles. The number of aliphatic hydroxyl groups is 1. The lowest BCUT2D eigenvalue weighted by Gasteiger charge is -2.33. The monoisotopic (exact) mass is 336 g/mol. The number of ether oxygens (including phenoxy) is 1. The Balaban J connectivity index is 1.97. The molecule has 0 amide bonds. The number of aromatic carboxylic acids is 1. The maximum atomic E-state index is 11.7. The summed E-state index contributed by atoms with van der Waals surface area (Å²) in [6.45, 7) is 0. The van der Waals surface area contributed by atoms with Crippen LogP contribution in [-0.4, -0.2) is 21.3 Å². The molecule has 2 aromatic rings. The second-order valence-electron chi connectivity index (χ2n) is 6.17. The quantitative estimate of drug-likeness (QED) is 0.768. The van der Waals surface area contributed by atoms with Crippen molar-refractivity contribution in [2.24, 2.45) is 0 Å². The van der Waals surface area contributed by atoms with E-state index in [9.17, 15) is 20.1 Å². The van der Waals surface area contributed by atoms with Crippen LogP contribution in [0.4, 0.5) is 0 Å². The average Bonchev–Trinajstić information content (AvgIpc) is 2.59. The van der Waals surface area contributed by atoms with Crippen molar-refractivity contribution in [1.29, 1.82) is 0 Å². The Labute approximate surface area is 144 Å². The van der Waals surface area contributed by atoms with Gasteiger partial charge in [-0.25, -0.2) is 4.79 Å². The van der Waals surface area contributed by atoms with E-state index in [0.717, 1.165) is 11.1 Å². The van der Waals surface area contributed by atoms with Gasteiger partial charge >= 0.3 is 5.97 Å². The minimum atomic E-state index is -0.987. The van der Waals surface area contributed by atoms with Crippen molar-refractivity contribution in [3.63, 3.8) is 0 Å². The standard InChI is InChI=1S/C20H16O5/c21-11-5-7-15-17(9-11)25-18-10-12(22)6-8-16(18)19(15)13-3-1-2-4-14(13)20(23)24/h1-5,7,9-10,19,21-22H,6,8H2,(H,23,24). The van der Waals surface area contributed by atoms with E-state index in [2.05, 4.69) is 0 Å². The van der Waals surface area contributed by atoms with E-state index in [1.54, 1.807) is 36.4 Å². The fourth-order valence-electron chi connectivity index (χ4n) is 3.54. The number of phenolic OH excluding ortho intramolecular Hbond substituents is 1. The second-order valence-corrected chi connectivity index (χ2v) is 6.17. The Morgan fingerprint density at radius 2 is 1.84 bits per heavy atom. The molecule has 1 aliphatic heterocycles. The molecule has 0 aromatic heterocycles. The molecular weight excluding hydrogens is 320 g/mol. The highest BCUT2D eigenvalue weighted by molar-refractivity contribution is 5.90. The second kappa shape index (κ2) is 5.70. The zero-order valence-corrected chi connectivity index (χ0v) is 13.3. The summed E-state index contributed by atoms with van der Waals surface area (Å²) in [6.07, 6.45) is 2.64. The van der Waals surface area contributed by atoms with Crippen LogP contribution in [0.15, 0.2) is 65.6 Å². The van der Waals surface area contributed by atoms with Crippen LogP contribution in [0.25, 0.3) is 0 Å². The van der Waals surface area contributed by atoms with Crippen LogP contribution in [-0.2, 0) is 0 Å². The highest BCUT2D eigenvalue weighted by Gasteiger charge is 2.34. The van der Waals surface area contributed by atoms with Crippen LogP contribution in [0, 0.1) is 0 Å². The van der Waals surface area contributed by atoms with Gasteiger partial charge in [-0.2, -0.15) is 0 Å². The zero-order valence-electron chi connectivity index (χ0n) is 13.3. The van der Waals surface area contributed by atoms with Crippen molar-refractivity contribution in [2.75, 3.05) is 0 Å². The highest BCUT2D eigenvalue weighted by Crippen LogP contribution is 2.48. The molecule has 2 aliphatic rings. The first-order valence-corrected chi connectivity index (χ1v) is 8.00. The lowest BCUT2D eigenvalue weighted by atomic mass is 9.77. The number of aromatic hydroxyl groups is 1. The Kier molecular flexibility index (Phi) is 3.50. The van der Waals surface area contributed by atoms with E-state index in [4.69, 9.17) is 4.74 Å². The summed E-state index contributed by atoms with van der Waals surface area (Å²) in [5, 5.41) is 29.2. The van der Waals surface area contributed by atoms with Crippen molar-refractivity contribution in [3.8, 4) is 11.5 Å². The number of allylic oxidation sites excluding steroid dienone is 3. The molecule has 1 heterocycles. The average molecular weight is 336 g/mol. The van der Waals surface area contributed by atoms with Crippen molar-refractivity contribution < 1.29 is 24.9 Å². The molecule has 0 radical (unpaired) electrons. The number of aliphatic hydroxyl groups excluding tert-OH is 1. The number of carbonyl (C=O) groups is 1. The number of rotatable bonds is 2. The van der Waals surface area contributed by atoms with E-state index in [0.29, 0.717) is 29.9 Å². The third kappa shape index (κ3) is 2.54. The SMILES string of the molecule is O=C(O)c1ccccc1C1C2=C(C=C(O)CC2)Oc2cc(O)ccc21. The molecule has 25 heavy (non-hydrogen) atoms. The molecule has 4 rings (SSSR count). The maximum absolute atomic E-state index is 11.7. The molecule has 0 bridgehead atoms. The third-order valence-electron chi connectivity index (χ3n) is 4.64. The van der Waals surface area contributed by atoms with E-state index in [-0.39, 0.29) is 23.0 Å². The number of carboxylic acid groups (broad SMARTS) is 1. The van der Waals surface area contributed by atoms with Crippen molar-refractivity contribution in [3.05, 3.63) is 82.3 Å². The summed E-state index contributed by atoms with van der Waals surface area (Å²) >= 11 is 0. The minimum absolute atomic E-state index is 0.0667. The first-order chi connectivity index (χ1) is 12.0. The van der Waals surface area contributed by atoms with Gasteiger partial charge < -0.3 is 20.1 Å². The Morgan fingerprint density at radius 1 is 1.04 bits per heavy atom. The van der Waals surface area contributed by atoms with Gasteiger partial charge in [0.25, 0.3) is 0 Å². The van der Waals surface area contributed by atoms with E-state index in [1.807, 2.05) is 6.07 Å². The third-order valence-corrected chi connectivity index (χ3v) is 4.64. The Morgan fingerprint density at radius 3 is 2.64 bits per heavy atom. The van der Waals surface area contributed by atoms with Gasteiger partial charge in [0.2, 0.25) is 0 Å². The van der Waals surface area contributed by atoms with Crippen LogP contribution < -0.4 is 4.74 Å². The molecule has 5 nitrogen and oxygen atoms in total. The number of fused-ring (bicyclic) bond motifs is 1. The van der Waals surface area contributed by atoms with E-state index < -0.39 is 5.97 Å². The molecule has 3 N–H and O–H groups in total. The molecule has 1 unspecified atom stereocenters. The fourth-order valence-corrected chi connectivity index (χ4v) is 3.54. The van der Waals surface area contributed by atoms with Gasteiger partial charge in [-0.15, -0.1) is 0 Å². The van der Waals surface area contributed by atoms with Gasteiger partial charge in [0.15, 0.2) is 0 Å². The van der Waals surface area contributed by atoms with Gasteiger partial charge in [0, 0.05) is 30.0 Å². The van der Waals surface area contributed by atoms with Crippen molar-refractivity contribution in [1.82, 2.24) is 0 Å². The van der Waals surface area contributed by atoms with E-state index in [1.165, 1.54) is 6.07 Å². The largest absolute Gasteiger partial charge is 0.512 e. The first-order valence-electron chi connectivity index (χ1n) is 8.00. The molecule has 126 valence electrons. The van der Waals surface area contributed by atoms with Gasteiger partial charge in [0.1, 0.15) is 17.3 Å². The smallest absolute Gasteiger partial charge is 0.335 e. The number of phenols is 1. The van der Waals surface area contributed by atoms with Gasteiger partial charge in [0.05, 0.1) is 11.3 Å². The number of benzene rings is 2. The number of hydrogen-bond donors (Lipinski definition) is 3. The van der Waals surface area contributed by atoms with Crippen LogP contribution in [0.3, 0.4) is 0 Å². The highest BCUT2D eigenvalue weighted by atomic mass is 16.5. The summed E-state index contributed by atoms with van der Waals surface area (Å²) in [7, 11) is 0. The topological polar surface area (TPSA) is 87.0 Å². The summed E-state index contributed by atoms with van der Waals surface area (Å²) in [6, 6.07) is 11.7. The van der Waals surface area contributed by atoms with Crippen LogP contribution in [0.5, 0.6) is 11.5 Å². The fraction of sp³-hybridized carbons (Fsp3) is 0.150. The van der Waals surface area contributed by atoms with Crippen molar-refractivity contribution >= 4 is 5.97 Å². The van der Waals surface area contributed by atoms with Crippen LogP contribution >= 0.6 is 0 Å². The van der Waals surface area contributed by atoms with Gasteiger partial charge in [-0.05, 0) is 29.7 Å². The van der Waals surface area contributed by atoms with Crippen LogP contribution in [0.2, 0.25) is 0 Å². The number of carboxylic acids is 1. The summed E-state index contributed by atoms with van der Waals surface area (Å²) < 4.78 is 5.87. The molecule has 5 heteroatoms. The first kappa shape index (κ1) is 15.3. The predicted octanol–water partition coefficient (Wildman–Crippen LogP) is 4.10. The normalized spacial score (nSPS) is 18.7.